The Bertz CT molecular complexity index is 313. The van der Waals surface area contributed by atoms with Gasteiger partial charge in [0.05, 0.1) is 12.3 Å². The molecule has 70 valence electrons. The predicted octanol–water partition coefficient (Wildman–Crippen LogP) is 2.80. The van der Waals surface area contributed by atoms with Gasteiger partial charge in [-0.1, -0.05) is 12.2 Å². The van der Waals surface area contributed by atoms with Gasteiger partial charge in [-0.15, -0.1) is 0 Å². The smallest absolute Gasteiger partial charge is 0.0615 e. The predicted molar refractivity (Wildman–Crippen MR) is 62.4 cm³/mol. The lowest BCUT2D eigenvalue weighted by molar-refractivity contribution is 0.343. The summed E-state index contributed by atoms with van der Waals surface area (Å²) in [4.78, 5) is 0. The molecule has 0 saturated carbocycles. The molecule has 0 aliphatic carbocycles. The maximum atomic E-state index is 8.59. The van der Waals surface area contributed by atoms with E-state index in [0.29, 0.717) is 5.69 Å². The van der Waals surface area contributed by atoms with Crippen LogP contribution < -0.4 is 5.73 Å². The van der Waals surface area contributed by atoms with E-state index in [4.69, 9.17) is 10.8 Å². The van der Waals surface area contributed by atoms with Gasteiger partial charge in [0.25, 0.3) is 0 Å². The summed E-state index contributed by atoms with van der Waals surface area (Å²) in [5.41, 5.74) is 7.38. The van der Waals surface area contributed by atoms with Crippen LogP contribution in [-0.2, 0) is 0 Å². The molecule has 13 heavy (non-hydrogen) atoms. The van der Waals surface area contributed by atoms with Gasteiger partial charge in [-0.05, 0) is 49.6 Å². The molecule has 0 saturated heterocycles. The van der Waals surface area contributed by atoms with Crippen molar-refractivity contribution < 1.29 is 5.11 Å². The third-order valence-corrected chi connectivity index (χ3v) is 2.83. The second kappa shape index (κ2) is 4.79. The fraction of sp³-hybridized carbons (Fsp3) is 0.111. The van der Waals surface area contributed by atoms with Crippen LogP contribution in [0.15, 0.2) is 27.2 Å². The molecule has 1 rings (SSSR count). The van der Waals surface area contributed by atoms with Crippen molar-refractivity contribution in [1.29, 1.82) is 0 Å². The third kappa shape index (κ3) is 2.83. The SMILES string of the molecule is Nc1c(Br)cc(/C=C/CO)cc1Br. The molecule has 0 spiro atoms. The summed E-state index contributed by atoms with van der Waals surface area (Å²) >= 11 is 6.67. The standard InChI is InChI=1S/C9H9Br2NO/c10-7-4-6(2-1-3-13)5-8(11)9(7)12/h1-2,4-5,13H,3,12H2/b2-1+. The first-order valence-electron chi connectivity index (χ1n) is 3.67. The summed E-state index contributed by atoms with van der Waals surface area (Å²) in [5.74, 6) is 0. The van der Waals surface area contributed by atoms with E-state index in [9.17, 15) is 0 Å². The van der Waals surface area contributed by atoms with Crippen LogP contribution in [0.1, 0.15) is 5.56 Å². The van der Waals surface area contributed by atoms with Gasteiger partial charge in [0.2, 0.25) is 0 Å². The van der Waals surface area contributed by atoms with Gasteiger partial charge in [-0.3, -0.25) is 0 Å². The zero-order valence-corrected chi connectivity index (χ0v) is 9.97. The summed E-state index contributed by atoms with van der Waals surface area (Å²) in [6.45, 7) is 0.0413. The van der Waals surface area contributed by atoms with Crippen molar-refractivity contribution in [2.75, 3.05) is 12.3 Å². The van der Waals surface area contributed by atoms with E-state index in [1.807, 2.05) is 18.2 Å². The van der Waals surface area contributed by atoms with Crippen LogP contribution in [0.3, 0.4) is 0 Å². The molecule has 0 bridgehead atoms. The molecular formula is C9H9Br2NO. The number of hydrogen-bond acceptors (Lipinski definition) is 2. The number of benzene rings is 1. The molecule has 1 aromatic rings. The van der Waals surface area contributed by atoms with Gasteiger partial charge >= 0.3 is 0 Å². The first-order valence-corrected chi connectivity index (χ1v) is 5.25. The normalized spacial score (nSPS) is 11.0. The van der Waals surface area contributed by atoms with E-state index in [-0.39, 0.29) is 6.61 Å². The van der Waals surface area contributed by atoms with Crippen LogP contribution in [0.4, 0.5) is 5.69 Å². The van der Waals surface area contributed by atoms with Crippen LogP contribution >= 0.6 is 31.9 Å². The lowest BCUT2D eigenvalue weighted by Gasteiger charge is -2.02. The highest BCUT2D eigenvalue weighted by molar-refractivity contribution is 9.11. The molecule has 3 N–H and O–H groups in total. The van der Waals surface area contributed by atoms with Gasteiger partial charge in [0, 0.05) is 8.95 Å². The largest absolute Gasteiger partial charge is 0.397 e. The van der Waals surface area contributed by atoms with Crippen LogP contribution in [0.5, 0.6) is 0 Å². The molecule has 0 radical (unpaired) electrons. The highest BCUT2D eigenvalue weighted by Crippen LogP contribution is 2.29. The second-order valence-electron chi connectivity index (χ2n) is 2.48. The molecule has 2 nitrogen and oxygen atoms in total. The Kier molecular flexibility index (Phi) is 3.96. The number of nitrogens with two attached hydrogens (primary N) is 1. The molecule has 0 aromatic heterocycles. The van der Waals surface area contributed by atoms with Crippen LogP contribution in [0, 0.1) is 0 Å². The molecule has 4 heteroatoms. The Morgan fingerprint density at radius 2 is 1.85 bits per heavy atom. The maximum Gasteiger partial charge on any atom is 0.0615 e. The molecule has 0 aliphatic rings. The van der Waals surface area contributed by atoms with Crippen LogP contribution in [0.25, 0.3) is 6.08 Å². The number of halogens is 2. The Morgan fingerprint density at radius 3 is 2.31 bits per heavy atom. The molecule has 0 fully saturated rings. The third-order valence-electron chi connectivity index (χ3n) is 1.52. The number of anilines is 1. The fourth-order valence-electron chi connectivity index (χ4n) is 0.889. The van der Waals surface area contributed by atoms with Crippen molar-refractivity contribution >= 4 is 43.6 Å². The van der Waals surface area contributed by atoms with E-state index in [0.717, 1.165) is 14.5 Å². The average molecular weight is 307 g/mol. The summed E-state index contributed by atoms with van der Waals surface area (Å²) < 4.78 is 1.69. The summed E-state index contributed by atoms with van der Waals surface area (Å²) in [5, 5.41) is 8.59. The zero-order valence-electron chi connectivity index (χ0n) is 6.80. The highest BCUT2D eigenvalue weighted by atomic mass is 79.9. The first-order chi connectivity index (χ1) is 6.15. The molecule has 0 amide bonds. The van der Waals surface area contributed by atoms with Crippen molar-refractivity contribution in [3.05, 3.63) is 32.7 Å². The molecule has 0 heterocycles. The van der Waals surface area contributed by atoms with Gasteiger partial charge in [0.1, 0.15) is 0 Å². The monoisotopic (exact) mass is 305 g/mol. The maximum absolute atomic E-state index is 8.59. The van der Waals surface area contributed by atoms with Crippen LogP contribution in [0.2, 0.25) is 0 Å². The zero-order chi connectivity index (χ0) is 9.84. The van der Waals surface area contributed by atoms with Gasteiger partial charge < -0.3 is 10.8 Å². The molecule has 0 aliphatic heterocycles. The van der Waals surface area contributed by atoms with Crippen molar-refractivity contribution in [3.63, 3.8) is 0 Å². The Labute approximate surface area is 93.7 Å². The van der Waals surface area contributed by atoms with E-state index < -0.39 is 0 Å². The van der Waals surface area contributed by atoms with Crippen molar-refractivity contribution in [3.8, 4) is 0 Å². The Balaban J connectivity index is 3.06. The van der Waals surface area contributed by atoms with E-state index in [1.165, 1.54) is 0 Å². The number of hydrogen-bond donors (Lipinski definition) is 2. The Hall–Kier alpha value is -0.320. The van der Waals surface area contributed by atoms with Gasteiger partial charge in [0.15, 0.2) is 0 Å². The number of aliphatic hydroxyl groups excluding tert-OH is 1. The minimum Gasteiger partial charge on any atom is -0.397 e. The summed E-state index contributed by atoms with van der Waals surface area (Å²) in [6, 6.07) is 3.79. The minimum atomic E-state index is 0.0413. The van der Waals surface area contributed by atoms with Gasteiger partial charge in [-0.2, -0.15) is 0 Å². The molecule has 0 unspecified atom stereocenters. The molecule has 0 atom stereocenters. The number of nitrogen functional groups attached to an aromatic ring is 1. The van der Waals surface area contributed by atoms with Gasteiger partial charge in [-0.25, -0.2) is 0 Å². The minimum absolute atomic E-state index is 0.0413. The van der Waals surface area contributed by atoms with E-state index >= 15 is 0 Å². The van der Waals surface area contributed by atoms with Crippen molar-refractivity contribution in [1.82, 2.24) is 0 Å². The van der Waals surface area contributed by atoms with E-state index in [1.54, 1.807) is 6.08 Å². The van der Waals surface area contributed by atoms with E-state index in [2.05, 4.69) is 31.9 Å². The first kappa shape index (κ1) is 10.8. The van der Waals surface area contributed by atoms with Crippen molar-refractivity contribution in [2.45, 2.75) is 0 Å². The topological polar surface area (TPSA) is 46.2 Å². The second-order valence-corrected chi connectivity index (χ2v) is 4.19. The summed E-state index contributed by atoms with van der Waals surface area (Å²) in [6.07, 6.45) is 3.50. The lowest BCUT2D eigenvalue weighted by atomic mass is 10.2. The Morgan fingerprint density at radius 1 is 1.31 bits per heavy atom. The number of rotatable bonds is 2. The quantitative estimate of drug-likeness (QED) is 0.825. The lowest BCUT2D eigenvalue weighted by Crippen LogP contribution is -1.89. The van der Waals surface area contributed by atoms with Crippen LogP contribution in [-0.4, -0.2) is 11.7 Å². The molecular weight excluding hydrogens is 298 g/mol. The highest BCUT2D eigenvalue weighted by Gasteiger charge is 2.01. The van der Waals surface area contributed by atoms with Crippen molar-refractivity contribution in [2.24, 2.45) is 0 Å². The number of aliphatic hydroxyl groups is 1. The summed E-state index contributed by atoms with van der Waals surface area (Å²) in [7, 11) is 0. The molecule has 1 aromatic carbocycles. The fourth-order valence-corrected chi connectivity index (χ4v) is 2.11. The average Bonchev–Trinajstić information content (AvgIpc) is 2.10.